The summed E-state index contributed by atoms with van der Waals surface area (Å²) in [4.78, 5) is 0. The van der Waals surface area contributed by atoms with Crippen molar-refractivity contribution < 1.29 is 21.6 Å². The van der Waals surface area contributed by atoms with Crippen molar-refractivity contribution in [2.24, 2.45) is 5.73 Å². The van der Waals surface area contributed by atoms with Crippen molar-refractivity contribution in [2.45, 2.75) is 25.9 Å². The summed E-state index contributed by atoms with van der Waals surface area (Å²) in [5.41, 5.74) is 5.13. The average Bonchev–Trinajstić information content (AvgIpc) is 2.12. The molecule has 0 fully saturated rings. The monoisotopic (exact) mass is 262 g/mol. The maximum atomic E-state index is 12.2. The predicted octanol–water partition coefficient (Wildman–Crippen LogP) is 0.939. The van der Waals surface area contributed by atoms with Gasteiger partial charge in [0.1, 0.15) is 6.54 Å². The number of sulfonamides is 1. The van der Waals surface area contributed by atoms with Crippen LogP contribution in [0.15, 0.2) is 0 Å². The summed E-state index contributed by atoms with van der Waals surface area (Å²) in [5, 5.41) is 0. The number of nitrogens with two attached hydrogens (primary N) is 1. The van der Waals surface area contributed by atoms with Crippen LogP contribution >= 0.6 is 0 Å². The molecule has 16 heavy (non-hydrogen) atoms. The zero-order valence-corrected chi connectivity index (χ0v) is 9.94. The third kappa shape index (κ3) is 6.29. The molecular weight excluding hydrogens is 245 g/mol. The maximum Gasteiger partial charge on any atom is 0.402 e. The molecular formula is C8H17F3N2O2S. The Labute approximate surface area is 93.7 Å². The lowest BCUT2D eigenvalue weighted by atomic mass is 10.5. The first-order valence-corrected chi connectivity index (χ1v) is 6.58. The number of rotatable bonds is 7. The number of hydrogen-bond donors (Lipinski definition) is 1. The summed E-state index contributed by atoms with van der Waals surface area (Å²) >= 11 is 0. The van der Waals surface area contributed by atoms with Crippen molar-refractivity contribution in [3.63, 3.8) is 0 Å². The highest BCUT2D eigenvalue weighted by Crippen LogP contribution is 2.19. The minimum atomic E-state index is -4.51. The average molecular weight is 262 g/mol. The van der Waals surface area contributed by atoms with Gasteiger partial charge in [0.15, 0.2) is 0 Å². The van der Waals surface area contributed by atoms with Gasteiger partial charge in [-0.25, -0.2) is 8.42 Å². The van der Waals surface area contributed by atoms with Crippen LogP contribution in [0.25, 0.3) is 0 Å². The molecule has 0 aromatic carbocycles. The molecule has 0 aliphatic heterocycles. The van der Waals surface area contributed by atoms with Crippen molar-refractivity contribution >= 4 is 10.0 Å². The smallest absolute Gasteiger partial charge is 0.330 e. The minimum absolute atomic E-state index is 0.119. The number of nitrogens with zero attached hydrogens (tertiary/aromatic N) is 1. The molecule has 0 unspecified atom stereocenters. The van der Waals surface area contributed by atoms with Gasteiger partial charge in [-0.3, -0.25) is 0 Å². The minimum Gasteiger partial charge on any atom is -0.330 e. The first-order valence-electron chi connectivity index (χ1n) is 4.97. The summed E-state index contributed by atoms with van der Waals surface area (Å²) in [6, 6.07) is 0. The SMILES string of the molecule is CCCN(CC(F)(F)F)S(=O)(=O)CCCN. The summed E-state index contributed by atoms with van der Waals surface area (Å²) < 4.78 is 60.0. The van der Waals surface area contributed by atoms with Gasteiger partial charge in [-0.1, -0.05) is 6.92 Å². The van der Waals surface area contributed by atoms with Crippen molar-refractivity contribution in [3.05, 3.63) is 0 Å². The van der Waals surface area contributed by atoms with Gasteiger partial charge in [-0.2, -0.15) is 17.5 Å². The first kappa shape index (κ1) is 15.7. The fraction of sp³-hybridized carbons (Fsp3) is 1.00. The quantitative estimate of drug-likeness (QED) is 0.742. The summed E-state index contributed by atoms with van der Waals surface area (Å²) in [6.45, 7) is 0.229. The number of halogens is 3. The number of hydrogen-bond acceptors (Lipinski definition) is 3. The van der Waals surface area contributed by atoms with Gasteiger partial charge >= 0.3 is 6.18 Å². The molecule has 0 amide bonds. The van der Waals surface area contributed by atoms with E-state index in [9.17, 15) is 21.6 Å². The summed E-state index contributed by atoms with van der Waals surface area (Å²) in [5.74, 6) is -0.334. The topological polar surface area (TPSA) is 63.4 Å². The zero-order chi connectivity index (χ0) is 12.8. The fourth-order valence-electron chi connectivity index (χ4n) is 1.16. The number of alkyl halides is 3. The second kappa shape index (κ2) is 6.41. The maximum absolute atomic E-state index is 12.2. The van der Waals surface area contributed by atoms with Gasteiger partial charge in [0.05, 0.1) is 5.75 Å². The Morgan fingerprint density at radius 1 is 1.31 bits per heavy atom. The lowest BCUT2D eigenvalue weighted by Gasteiger charge is -2.22. The standard InChI is InChI=1S/C8H17F3N2O2S/c1-2-5-13(7-8(9,10)11)16(14,15)6-3-4-12/h2-7,12H2,1H3. The molecule has 0 bridgehead atoms. The first-order chi connectivity index (χ1) is 7.23. The Morgan fingerprint density at radius 2 is 1.88 bits per heavy atom. The van der Waals surface area contributed by atoms with E-state index in [-0.39, 0.29) is 25.3 Å². The molecule has 8 heteroatoms. The Bertz CT molecular complexity index is 290. The molecule has 0 aromatic heterocycles. The molecule has 0 saturated carbocycles. The van der Waals surface area contributed by atoms with Crippen molar-refractivity contribution in [3.8, 4) is 0 Å². The van der Waals surface area contributed by atoms with Crippen molar-refractivity contribution in [1.29, 1.82) is 0 Å². The van der Waals surface area contributed by atoms with Crippen molar-refractivity contribution in [2.75, 3.05) is 25.4 Å². The Hall–Kier alpha value is -0.340. The molecule has 0 saturated heterocycles. The Balaban J connectivity index is 4.63. The van der Waals surface area contributed by atoms with Crippen LogP contribution in [-0.2, 0) is 10.0 Å². The van der Waals surface area contributed by atoms with E-state index < -0.39 is 22.7 Å². The van der Waals surface area contributed by atoms with Gasteiger partial charge in [-0.15, -0.1) is 0 Å². The highest BCUT2D eigenvalue weighted by molar-refractivity contribution is 7.89. The lowest BCUT2D eigenvalue weighted by Crippen LogP contribution is -2.40. The van der Waals surface area contributed by atoms with Crippen LogP contribution in [0.2, 0.25) is 0 Å². The van der Waals surface area contributed by atoms with E-state index in [1.165, 1.54) is 0 Å². The highest BCUT2D eigenvalue weighted by Gasteiger charge is 2.35. The predicted molar refractivity (Wildman–Crippen MR) is 55.4 cm³/mol. The Morgan fingerprint density at radius 3 is 2.25 bits per heavy atom. The van der Waals surface area contributed by atoms with Crippen LogP contribution in [0.5, 0.6) is 0 Å². The molecule has 98 valence electrons. The van der Waals surface area contributed by atoms with E-state index in [1.54, 1.807) is 6.92 Å². The zero-order valence-electron chi connectivity index (χ0n) is 9.13. The molecule has 0 aliphatic carbocycles. The second-order valence-electron chi connectivity index (χ2n) is 3.41. The summed E-state index contributed by atoms with van der Waals surface area (Å²) in [6.07, 6.45) is -4.00. The molecule has 0 aromatic rings. The van der Waals surface area contributed by atoms with Crippen LogP contribution < -0.4 is 5.73 Å². The van der Waals surface area contributed by atoms with Crippen LogP contribution in [0.4, 0.5) is 13.2 Å². The Kier molecular flexibility index (Phi) is 6.27. The van der Waals surface area contributed by atoms with Crippen LogP contribution in [0.1, 0.15) is 19.8 Å². The van der Waals surface area contributed by atoms with Crippen LogP contribution in [0, 0.1) is 0 Å². The third-order valence-electron chi connectivity index (χ3n) is 1.83. The third-order valence-corrected chi connectivity index (χ3v) is 3.73. The second-order valence-corrected chi connectivity index (χ2v) is 5.50. The molecule has 0 radical (unpaired) electrons. The van der Waals surface area contributed by atoms with Crippen LogP contribution in [0.3, 0.4) is 0 Å². The molecule has 0 rings (SSSR count). The van der Waals surface area contributed by atoms with Gasteiger partial charge in [0, 0.05) is 6.54 Å². The summed E-state index contributed by atoms with van der Waals surface area (Å²) in [7, 11) is -3.85. The van der Waals surface area contributed by atoms with Gasteiger partial charge < -0.3 is 5.73 Å². The highest BCUT2D eigenvalue weighted by atomic mass is 32.2. The fourth-order valence-corrected chi connectivity index (χ4v) is 2.75. The van der Waals surface area contributed by atoms with E-state index >= 15 is 0 Å². The van der Waals surface area contributed by atoms with E-state index in [2.05, 4.69) is 0 Å². The molecule has 0 heterocycles. The molecule has 0 atom stereocenters. The van der Waals surface area contributed by atoms with Crippen molar-refractivity contribution in [1.82, 2.24) is 4.31 Å². The van der Waals surface area contributed by atoms with E-state index in [4.69, 9.17) is 5.73 Å². The lowest BCUT2D eigenvalue weighted by molar-refractivity contribution is -0.136. The van der Waals surface area contributed by atoms with Gasteiger partial charge in [0.2, 0.25) is 10.0 Å². The van der Waals surface area contributed by atoms with Gasteiger partial charge in [-0.05, 0) is 19.4 Å². The van der Waals surface area contributed by atoms with Gasteiger partial charge in [0.25, 0.3) is 0 Å². The van der Waals surface area contributed by atoms with Crippen LogP contribution in [-0.4, -0.2) is 44.3 Å². The van der Waals surface area contributed by atoms with E-state index in [0.29, 0.717) is 10.7 Å². The molecule has 0 spiro atoms. The van der Waals surface area contributed by atoms with E-state index in [0.717, 1.165) is 0 Å². The molecule has 0 aliphatic rings. The molecule has 4 nitrogen and oxygen atoms in total. The normalized spacial score (nSPS) is 13.4. The molecule has 2 N–H and O–H groups in total. The largest absolute Gasteiger partial charge is 0.402 e. The van der Waals surface area contributed by atoms with E-state index in [1.807, 2.05) is 0 Å².